The SMILES string of the molecule is O=[N+]([O-])C=C1NCCN1Cc1ccc(OC(F)(F)C(F)F)nc1. The highest BCUT2D eigenvalue weighted by Crippen LogP contribution is 2.26. The minimum Gasteiger partial charge on any atom is -0.410 e. The van der Waals surface area contributed by atoms with Crippen molar-refractivity contribution in [1.82, 2.24) is 15.2 Å². The van der Waals surface area contributed by atoms with Crippen LogP contribution in [-0.4, -0.2) is 40.4 Å². The van der Waals surface area contributed by atoms with Gasteiger partial charge >= 0.3 is 12.5 Å². The number of alkyl halides is 4. The molecule has 1 aliphatic rings. The van der Waals surface area contributed by atoms with Gasteiger partial charge in [-0.1, -0.05) is 6.07 Å². The van der Waals surface area contributed by atoms with Gasteiger partial charge in [0.05, 0.1) is 4.92 Å². The van der Waals surface area contributed by atoms with Crippen LogP contribution in [0.1, 0.15) is 5.56 Å². The first-order valence-corrected chi connectivity index (χ1v) is 6.42. The molecule has 1 aromatic rings. The van der Waals surface area contributed by atoms with Crippen LogP contribution in [0.2, 0.25) is 0 Å². The topological polar surface area (TPSA) is 80.5 Å². The van der Waals surface area contributed by atoms with Crippen LogP contribution in [0.5, 0.6) is 5.88 Å². The smallest absolute Gasteiger partial charge is 0.410 e. The molecular weight excluding hydrogens is 324 g/mol. The fourth-order valence-corrected chi connectivity index (χ4v) is 1.91. The van der Waals surface area contributed by atoms with E-state index in [1.165, 1.54) is 12.3 Å². The molecule has 1 aliphatic heterocycles. The Morgan fingerprint density at radius 2 is 2.26 bits per heavy atom. The predicted octanol–water partition coefficient (Wildman–Crippen LogP) is 1.80. The van der Waals surface area contributed by atoms with Gasteiger partial charge in [-0.05, 0) is 5.56 Å². The standard InChI is InChI=1S/C12H12F4N4O3/c13-11(14)12(15,16)23-10-2-1-8(5-18-10)6-19-4-3-17-9(19)7-20(21)22/h1-2,5,7,11,17H,3-4,6H2. The summed E-state index contributed by atoms with van der Waals surface area (Å²) in [4.78, 5) is 15.1. The summed E-state index contributed by atoms with van der Waals surface area (Å²) in [5, 5.41) is 13.3. The number of hydrogen-bond donors (Lipinski definition) is 1. The number of hydrogen-bond acceptors (Lipinski definition) is 6. The van der Waals surface area contributed by atoms with Crippen molar-refractivity contribution in [1.29, 1.82) is 0 Å². The molecule has 23 heavy (non-hydrogen) atoms. The summed E-state index contributed by atoms with van der Waals surface area (Å²) in [5.41, 5.74) is 0.552. The van der Waals surface area contributed by atoms with E-state index < -0.39 is 23.3 Å². The Labute approximate surface area is 127 Å². The highest BCUT2D eigenvalue weighted by atomic mass is 19.3. The minimum atomic E-state index is -4.62. The summed E-state index contributed by atoms with van der Waals surface area (Å²) in [6, 6.07) is 2.40. The van der Waals surface area contributed by atoms with Crippen molar-refractivity contribution >= 4 is 0 Å². The molecule has 0 aromatic carbocycles. The van der Waals surface area contributed by atoms with Gasteiger partial charge in [0, 0.05) is 31.9 Å². The summed E-state index contributed by atoms with van der Waals surface area (Å²) < 4.78 is 53.3. The predicted molar refractivity (Wildman–Crippen MR) is 69.3 cm³/mol. The van der Waals surface area contributed by atoms with Gasteiger partial charge in [-0.3, -0.25) is 10.1 Å². The summed E-state index contributed by atoms with van der Waals surface area (Å²) >= 11 is 0. The fourth-order valence-electron chi connectivity index (χ4n) is 1.91. The van der Waals surface area contributed by atoms with E-state index in [1.54, 1.807) is 4.90 Å². The molecule has 0 bridgehead atoms. The van der Waals surface area contributed by atoms with Crippen molar-refractivity contribution < 1.29 is 27.2 Å². The number of nitrogens with one attached hydrogen (secondary N) is 1. The van der Waals surface area contributed by atoms with Gasteiger partial charge in [0.1, 0.15) is 0 Å². The van der Waals surface area contributed by atoms with Crippen LogP contribution in [0, 0.1) is 10.1 Å². The van der Waals surface area contributed by atoms with Crippen LogP contribution in [0.15, 0.2) is 30.4 Å². The van der Waals surface area contributed by atoms with Gasteiger partial charge in [-0.2, -0.15) is 17.6 Å². The molecule has 1 N–H and O–H groups in total. The van der Waals surface area contributed by atoms with E-state index in [9.17, 15) is 27.7 Å². The van der Waals surface area contributed by atoms with Gasteiger partial charge in [0.25, 0.3) is 6.20 Å². The maximum atomic E-state index is 12.7. The second kappa shape index (κ2) is 6.67. The van der Waals surface area contributed by atoms with Crippen molar-refractivity contribution in [3.63, 3.8) is 0 Å². The molecule has 1 saturated heterocycles. The van der Waals surface area contributed by atoms with Crippen molar-refractivity contribution in [2.75, 3.05) is 13.1 Å². The lowest BCUT2D eigenvalue weighted by molar-refractivity contribution is -0.404. The third-order valence-electron chi connectivity index (χ3n) is 2.92. The number of aromatic nitrogens is 1. The third kappa shape index (κ3) is 4.44. The van der Waals surface area contributed by atoms with Gasteiger partial charge in [-0.15, -0.1) is 0 Å². The molecule has 0 saturated carbocycles. The maximum Gasteiger partial charge on any atom is 0.462 e. The van der Waals surface area contributed by atoms with E-state index in [4.69, 9.17) is 0 Å². The molecule has 0 radical (unpaired) electrons. The molecule has 0 spiro atoms. The minimum absolute atomic E-state index is 0.241. The number of halogens is 4. The first-order valence-electron chi connectivity index (χ1n) is 6.42. The quantitative estimate of drug-likeness (QED) is 0.485. The molecule has 2 rings (SSSR count). The first-order chi connectivity index (χ1) is 10.8. The molecule has 126 valence electrons. The zero-order chi connectivity index (χ0) is 17.0. The average Bonchev–Trinajstić information content (AvgIpc) is 2.87. The lowest BCUT2D eigenvalue weighted by atomic mass is 10.2. The Morgan fingerprint density at radius 3 is 2.83 bits per heavy atom. The van der Waals surface area contributed by atoms with Crippen LogP contribution < -0.4 is 10.1 Å². The molecule has 11 heteroatoms. The Balaban J connectivity index is 2.02. The summed E-state index contributed by atoms with van der Waals surface area (Å²) in [5.74, 6) is -0.320. The normalized spacial score (nSPS) is 16.7. The maximum absolute atomic E-state index is 12.7. The van der Waals surface area contributed by atoms with Gasteiger partial charge < -0.3 is 15.0 Å². The molecule has 1 aromatic heterocycles. The van der Waals surface area contributed by atoms with E-state index in [1.807, 2.05) is 0 Å². The van der Waals surface area contributed by atoms with Gasteiger partial charge in [-0.25, -0.2) is 4.98 Å². The second-order valence-electron chi connectivity index (χ2n) is 4.62. The lowest BCUT2D eigenvalue weighted by Gasteiger charge is -2.18. The molecule has 0 amide bonds. The van der Waals surface area contributed by atoms with E-state index in [0.29, 0.717) is 24.5 Å². The highest BCUT2D eigenvalue weighted by Gasteiger charge is 2.44. The monoisotopic (exact) mass is 336 g/mol. The van der Waals surface area contributed by atoms with Crippen LogP contribution in [0.4, 0.5) is 17.6 Å². The molecule has 0 atom stereocenters. The zero-order valence-electron chi connectivity index (χ0n) is 11.6. The van der Waals surface area contributed by atoms with E-state index >= 15 is 0 Å². The van der Waals surface area contributed by atoms with Crippen LogP contribution >= 0.6 is 0 Å². The molecular formula is C12H12F4N4O3. The molecule has 1 fully saturated rings. The Kier molecular flexibility index (Phi) is 4.86. The summed E-state index contributed by atoms with van der Waals surface area (Å²) in [7, 11) is 0. The summed E-state index contributed by atoms with van der Waals surface area (Å²) in [6.07, 6.45) is -6.58. The lowest BCUT2D eigenvalue weighted by Crippen LogP contribution is -2.33. The van der Waals surface area contributed by atoms with Crippen LogP contribution in [0.3, 0.4) is 0 Å². The number of nitro groups is 1. The molecule has 7 nitrogen and oxygen atoms in total. The van der Waals surface area contributed by atoms with E-state index in [0.717, 1.165) is 12.3 Å². The Morgan fingerprint density at radius 1 is 1.52 bits per heavy atom. The van der Waals surface area contributed by atoms with Crippen molar-refractivity contribution in [2.45, 2.75) is 19.1 Å². The average molecular weight is 336 g/mol. The van der Waals surface area contributed by atoms with Gasteiger partial charge in [0.15, 0.2) is 5.82 Å². The van der Waals surface area contributed by atoms with Crippen molar-refractivity contribution in [3.8, 4) is 5.88 Å². The summed E-state index contributed by atoms with van der Waals surface area (Å²) in [6.45, 7) is 1.28. The number of ether oxygens (including phenoxy) is 1. The Hall–Kier alpha value is -2.59. The van der Waals surface area contributed by atoms with Crippen molar-refractivity contribution in [2.24, 2.45) is 0 Å². The first kappa shape index (κ1) is 16.8. The third-order valence-corrected chi connectivity index (χ3v) is 2.92. The van der Waals surface area contributed by atoms with E-state index in [-0.39, 0.29) is 6.54 Å². The molecule has 0 aliphatic carbocycles. The van der Waals surface area contributed by atoms with Gasteiger partial charge in [0.2, 0.25) is 5.88 Å². The molecule has 2 heterocycles. The van der Waals surface area contributed by atoms with Crippen LogP contribution in [-0.2, 0) is 6.54 Å². The van der Waals surface area contributed by atoms with Crippen LogP contribution in [0.25, 0.3) is 0 Å². The largest absolute Gasteiger partial charge is 0.462 e. The number of pyridine rings is 1. The second-order valence-corrected chi connectivity index (χ2v) is 4.62. The molecule has 0 unspecified atom stereocenters. The van der Waals surface area contributed by atoms with Crippen molar-refractivity contribution in [3.05, 3.63) is 46.0 Å². The Bertz CT molecular complexity index is 594. The number of nitrogens with zero attached hydrogens (tertiary/aromatic N) is 3. The number of rotatable bonds is 6. The highest BCUT2D eigenvalue weighted by molar-refractivity contribution is 5.19. The fraction of sp³-hybridized carbons (Fsp3) is 0.417. The van der Waals surface area contributed by atoms with E-state index in [2.05, 4.69) is 15.0 Å². The zero-order valence-corrected chi connectivity index (χ0v) is 11.6.